The number of carboxylic acid groups (broad SMARTS) is 1. The SMILES string of the molecule is O=C(O)C1CCC(NS(=O)(=O)Cc2ccc(Cl)c(Cl)c2)CC1. The van der Waals surface area contributed by atoms with Gasteiger partial charge in [0, 0.05) is 6.04 Å². The molecule has 0 aliphatic heterocycles. The summed E-state index contributed by atoms with van der Waals surface area (Å²) in [5.74, 6) is -1.35. The predicted molar refractivity (Wildman–Crippen MR) is 85.6 cm³/mol. The number of sulfonamides is 1. The highest BCUT2D eigenvalue weighted by Crippen LogP contribution is 2.26. The molecule has 1 fully saturated rings. The van der Waals surface area contributed by atoms with Crippen LogP contribution in [0.5, 0.6) is 0 Å². The number of aliphatic carboxylic acids is 1. The van der Waals surface area contributed by atoms with E-state index in [-0.39, 0.29) is 17.7 Å². The Morgan fingerprint density at radius 1 is 1.18 bits per heavy atom. The quantitative estimate of drug-likeness (QED) is 0.839. The van der Waals surface area contributed by atoms with Crippen molar-refractivity contribution in [3.63, 3.8) is 0 Å². The first-order valence-electron chi connectivity index (χ1n) is 6.93. The van der Waals surface area contributed by atoms with Crippen LogP contribution in [0.15, 0.2) is 18.2 Å². The highest BCUT2D eigenvalue weighted by molar-refractivity contribution is 7.88. The summed E-state index contributed by atoms with van der Waals surface area (Å²) in [5.41, 5.74) is 0.557. The number of hydrogen-bond acceptors (Lipinski definition) is 3. The first kappa shape index (κ1) is 17.5. The van der Waals surface area contributed by atoms with Gasteiger partial charge in [0.15, 0.2) is 0 Å². The minimum Gasteiger partial charge on any atom is -0.481 e. The highest BCUT2D eigenvalue weighted by atomic mass is 35.5. The van der Waals surface area contributed by atoms with Gasteiger partial charge in [0.2, 0.25) is 10.0 Å². The smallest absolute Gasteiger partial charge is 0.306 e. The monoisotopic (exact) mass is 365 g/mol. The zero-order valence-corrected chi connectivity index (χ0v) is 14.1. The van der Waals surface area contributed by atoms with Gasteiger partial charge in [-0.1, -0.05) is 29.3 Å². The van der Waals surface area contributed by atoms with Crippen molar-refractivity contribution >= 4 is 39.2 Å². The van der Waals surface area contributed by atoms with Gasteiger partial charge in [-0.2, -0.15) is 0 Å². The van der Waals surface area contributed by atoms with Crippen molar-refractivity contribution in [1.82, 2.24) is 4.72 Å². The fourth-order valence-electron chi connectivity index (χ4n) is 2.60. The number of rotatable bonds is 5. The van der Waals surface area contributed by atoms with E-state index >= 15 is 0 Å². The van der Waals surface area contributed by atoms with Crippen molar-refractivity contribution in [2.45, 2.75) is 37.5 Å². The van der Waals surface area contributed by atoms with E-state index in [2.05, 4.69) is 4.72 Å². The molecule has 2 N–H and O–H groups in total. The summed E-state index contributed by atoms with van der Waals surface area (Å²) >= 11 is 11.7. The fraction of sp³-hybridized carbons (Fsp3) is 0.500. The molecule has 1 aliphatic rings. The Kier molecular flexibility index (Phi) is 5.71. The summed E-state index contributed by atoms with van der Waals surface area (Å²) < 4.78 is 27.0. The van der Waals surface area contributed by atoms with Gasteiger partial charge in [-0.05, 0) is 43.4 Å². The van der Waals surface area contributed by atoms with Crippen LogP contribution >= 0.6 is 23.2 Å². The third-order valence-electron chi connectivity index (χ3n) is 3.76. The maximum atomic E-state index is 12.2. The van der Waals surface area contributed by atoms with Crippen LogP contribution in [0, 0.1) is 5.92 Å². The predicted octanol–water partition coefficient (Wildman–Crippen LogP) is 3.06. The van der Waals surface area contributed by atoms with Gasteiger partial charge < -0.3 is 5.11 Å². The van der Waals surface area contributed by atoms with Crippen molar-refractivity contribution in [2.75, 3.05) is 0 Å². The second kappa shape index (κ2) is 7.17. The lowest BCUT2D eigenvalue weighted by Gasteiger charge is -2.26. The summed E-state index contributed by atoms with van der Waals surface area (Å²) in [6.07, 6.45) is 2.07. The molecule has 1 saturated carbocycles. The van der Waals surface area contributed by atoms with Crippen LogP contribution in [-0.2, 0) is 20.6 Å². The lowest BCUT2D eigenvalue weighted by atomic mass is 9.87. The summed E-state index contributed by atoms with van der Waals surface area (Å²) in [6.45, 7) is 0. The van der Waals surface area contributed by atoms with Crippen molar-refractivity contribution in [2.24, 2.45) is 5.92 Å². The van der Waals surface area contributed by atoms with Crippen molar-refractivity contribution in [1.29, 1.82) is 0 Å². The van der Waals surface area contributed by atoms with E-state index in [1.54, 1.807) is 12.1 Å². The molecule has 1 aliphatic carbocycles. The number of benzene rings is 1. The molecule has 0 bridgehead atoms. The molecule has 1 aromatic rings. The third kappa shape index (κ3) is 4.84. The normalized spacial score (nSPS) is 22.5. The molecule has 0 radical (unpaired) electrons. The van der Waals surface area contributed by atoms with E-state index in [4.69, 9.17) is 28.3 Å². The van der Waals surface area contributed by atoms with E-state index in [1.165, 1.54) is 6.07 Å². The van der Waals surface area contributed by atoms with Crippen LogP contribution < -0.4 is 4.72 Å². The van der Waals surface area contributed by atoms with Gasteiger partial charge >= 0.3 is 5.97 Å². The first-order chi connectivity index (χ1) is 10.3. The second-order valence-electron chi connectivity index (χ2n) is 5.51. The minimum atomic E-state index is -3.50. The number of hydrogen-bond donors (Lipinski definition) is 2. The Morgan fingerprint density at radius 3 is 2.36 bits per heavy atom. The average molecular weight is 366 g/mol. The summed E-state index contributed by atoms with van der Waals surface area (Å²) in [6, 6.07) is 4.51. The van der Waals surface area contributed by atoms with Gasteiger partial charge in [0.1, 0.15) is 0 Å². The topological polar surface area (TPSA) is 83.5 Å². The van der Waals surface area contributed by atoms with Crippen LogP contribution in [0.25, 0.3) is 0 Å². The van der Waals surface area contributed by atoms with Gasteiger partial charge in [0.25, 0.3) is 0 Å². The molecule has 2 rings (SSSR count). The molecule has 0 unspecified atom stereocenters. The molecule has 122 valence electrons. The molecular formula is C14H17Cl2NO4S. The Balaban J connectivity index is 1.94. The Hall–Kier alpha value is -0.820. The molecule has 0 aromatic heterocycles. The molecule has 0 amide bonds. The zero-order chi connectivity index (χ0) is 16.3. The summed E-state index contributed by atoms with van der Waals surface area (Å²) in [7, 11) is -3.50. The standard InChI is InChI=1S/C14H17Cl2NO4S/c15-12-6-1-9(7-13(12)16)8-22(20,21)17-11-4-2-10(3-5-11)14(18)19/h1,6-7,10-11,17H,2-5,8H2,(H,18,19). The lowest BCUT2D eigenvalue weighted by Crippen LogP contribution is -2.39. The Labute approximate surface area is 139 Å². The Morgan fingerprint density at radius 2 is 1.82 bits per heavy atom. The van der Waals surface area contributed by atoms with Crippen LogP contribution in [0.1, 0.15) is 31.2 Å². The van der Waals surface area contributed by atoms with Crippen molar-refractivity contribution < 1.29 is 18.3 Å². The Bertz CT molecular complexity index is 655. The molecule has 0 saturated heterocycles. The fourth-order valence-corrected chi connectivity index (χ4v) is 4.37. The molecule has 1 aromatic carbocycles. The summed E-state index contributed by atoms with van der Waals surface area (Å²) in [4.78, 5) is 10.9. The van der Waals surface area contributed by atoms with Gasteiger partial charge in [-0.15, -0.1) is 0 Å². The molecule has 0 heterocycles. The van der Waals surface area contributed by atoms with Crippen molar-refractivity contribution in [3.05, 3.63) is 33.8 Å². The zero-order valence-electron chi connectivity index (χ0n) is 11.8. The molecule has 0 atom stereocenters. The van der Waals surface area contributed by atoms with Crippen LogP contribution in [0.3, 0.4) is 0 Å². The number of carbonyl (C=O) groups is 1. The second-order valence-corrected chi connectivity index (χ2v) is 8.08. The van der Waals surface area contributed by atoms with Crippen LogP contribution in [0.2, 0.25) is 10.0 Å². The third-order valence-corrected chi connectivity index (χ3v) is 5.91. The van der Waals surface area contributed by atoms with Gasteiger partial charge in [0.05, 0.1) is 21.7 Å². The molecule has 0 spiro atoms. The largest absolute Gasteiger partial charge is 0.481 e. The maximum Gasteiger partial charge on any atom is 0.306 e. The molecule has 8 heteroatoms. The van der Waals surface area contributed by atoms with Crippen LogP contribution in [0.4, 0.5) is 0 Å². The number of nitrogens with one attached hydrogen (secondary N) is 1. The number of halogens is 2. The molecule has 22 heavy (non-hydrogen) atoms. The van der Waals surface area contributed by atoms with Gasteiger partial charge in [-0.3, -0.25) is 4.79 Å². The van der Waals surface area contributed by atoms with E-state index in [9.17, 15) is 13.2 Å². The van der Waals surface area contributed by atoms with E-state index in [0.29, 0.717) is 41.3 Å². The molecule has 5 nitrogen and oxygen atoms in total. The van der Waals surface area contributed by atoms with E-state index in [0.717, 1.165) is 0 Å². The first-order valence-corrected chi connectivity index (χ1v) is 9.34. The van der Waals surface area contributed by atoms with Crippen LogP contribution in [-0.4, -0.2) is 25.5 Å². The van der Waals surface area contributed by atoms with E-state index < -0.39 is 16.0 Å². The number of carboxylic acids is 1. The van der Waals surface area contributed by atoms with Gasteiger partial charge in [-0.25, -0.2) is 13.1 Å². The highest BCUT2D eigenvalue weighted by Gasteiger charge is 2.28. The lowest BCUT2D eigenvalue weighted by molar-refractivity contribution is -0.142. The summed E-state index contributed by atoms with van der Waals surface area (Å²) in [5, 5.41) is 9.63. The van der Waals surface area contributed by atoms with Crippen molar-refractivity contribution in [3.8, 4) is 0 Å². The van der Waals surface area contributed by atoms with E-state index in [1.807, 2.05) is 0 Å². The maximum absolute atomic E-state index is 12.2. The minimum absolute atomic E-state index is 0.178. The average Bonchev–Trinajstić information content (AvgIpc) is 2.42. The molecular weight excluding hydrogens is 349 g/mol.